The van der Waals surface area contributed by atoms with Crippen molar-refractivity contribution in [2.75, 3.05) is 19.7 Å². The van der Waals surface area contributed by atoms with Crippen LogP contribution in [0.2, 0.25) is 0 Å². The minimum atomic E-state index is -0.820. The molecule has 2 amide bonds. The van der Waals surface area contributed by atoms with Crippen molar-refractivity contribution in [3.63, 3.8) is 0 Å². The number of nitrogens with one attached hydrogen (secondary N) is 2. The third kappa shape index (κ3) is 40.6. The smallest absolute Gasteiger partial charge is 0.408 e. The van der Waals surface area contributed by atoms with Gasteiger partial charge in [-0.3, -0.25) is 14.4 Å². The van der Waals surface area contributed by atoms with E-state index in [1.807, 2.05) is 0 Å². The number of unbranched alkanes of at least 4 members (excludes halogenated alkanes) is 22. The highest BCUT2D eigenvalue weighted by atomic mass is 16.6. The Bertz CT molecular complexity index is 1000. The minimum absolute atomic E-state index is 0.0341. The summed E-state index contributed by atoms with van der Waals surface area (Å²) in [7, 11) is 0. The van der Waals surface area contributed by atoms with Gasteiger partial charge in [-0.15, -0.1) is 0 Å². The lowest BCUT2D eigenvalue weighted by atomic mass is 10.1. The molecule has 1 unspecified atom stereocenters. The second-order valence-corrected chi connectivity index (χ2v) is 16.1. The van der Waals surface area contributed by atoms with Crippen molar-refractivity contribution in [2.45, 2.75) is 226 Å². The summed E-state index contributed by atoms with van der Waals surface area (Å²) in [5, 5.41) is 5.08. The summed E-state index contributed by atoms with van der Waals surface area (Å²) in [6.45, 7) is 9.25. The van der Waals surface area contributed by atoms with Gasteiger partial charge < -0.3 is 24.8 Å². The van der Waals surface area contributed by atoms with Crippen molar-refractivity contribution < 1.29 is 33.4 Å². The van der Waals surface area contributed by atoms with Crippen LogP contribution in [0.5, 0.6) is 0 Å². The van der Waals surface area contributed by atoms with E-state index in [9.17, 15) is 19.2 Å². The molecule has 0 radical (unpaired) electrons. The lowest BCUT2D eigenvalue weighted by molar-refractivity contribution is -0.159. The normalized spacial score (nSPS) is 12.2. The zero-order chi connectivity index (χ0) is 40.7. The highest BCUT2D eigenvalue weighted by Crippen LogP contribution is 2.13. The summed E-state index contributed by atoms with van der Waals surface area (Å²) in [6, 6.07) is 0. The van der Waals surface area contributed by atoms with E-state index in [1.165, 1.54) is 96.3 Å². The Balaban J connectivity index is 4.39. The summed E-state index contributed by atoms with van der Waals surface area (Å²) in [6.07, 6.45) is 39.0. The van der Waals surface area contributed by atoms with Crippen LogP contribution in [-0.2, 0) is 28.6 Å². The number of amides is 2. The largest absolute Gasteiger partial charge is 0.462 e. The fraction of sp³-hybridized carbons (Fsp3) is 0.826. The van der Waals surface area contributed by atoms with Gasteiger partial charge in [-0.2, -0.15) is 0 Å². The molecule has 9 heteroatoms. The summed E-state index contributed by atoms with van der Waals surface area (Å²) in [4.78, 5) is 49.5. The molecule has 0 heterocycles. The molecule has 320 valence electrons. The van der Waals surface area contributed by atoms with Crippen molar-refractivity contribution in [1.82, 2.24) is 10.6 Å². The van der Waals surface area contributed by atoms with Gasteiger partial charge in [0.05, 0.1) is 13.1 Å². The average Bonchev–Trinajstić information content (AvgIpc) is 3.14. The Labute approximate surface area is 337 Å². The summed E-state index contributed by atoms with van der Waals surface area (Å²) in [5.74, 6) is -1.19. The zero-order valence-electron chi connectivity index (χ0n) is 36.2. The first-order chi connectivity index (χ1) is 26.6. The van der Waals surface area contributed by atoms with E-state index in [1.54, 1.807) is 20.8 Å². The van der Waals surface area contributed by atoms with Gasteiger partial charge in [-0.25, -0.2) is 4.79 Å². The number of allylic oxidation sites excluding steroid dienone is 4. The van der Waals surface area contributed by atoms with E-state index < -0.39 is 23.7 Å². The second-order valence-electron chi connectivity index (χ2n) is 16.1. The maximum absolute atomic E-state index is 12.7. The second kappa shape index (κ2) is 38.1. The number of hydrogen-bond acceptors (Lipinski definition) is 7. The third-order valence-corrected chi connectivity index (χ3v) is 9.33. The molecule has 0 aliphatic carbocycles. The molecule has 0 aliphatic rings. The Morgan fingerprint density at radius 1 is 0.527 bits per heavy atom. The standard InChI is InChI=1S/C46H84N2O7/c1-6-8-10-12-14-16-18-20-22-24-26-28-30-32-34-36-43(50)53-40-41(38-47-42(49)39-48-45(52)55-46(3,4)5)54-44(51)37-35-33-31-29-27-25-23-21-19-17-15-13-11-9-7-2/h20-23,41H,6-19,24-40H2,1-5H3,(H,47,49)(H,48,52)/b22-20-,23-21-. The van der Waals surface area contributed by atoms with Gasteiger partial charge in [0.15, 0.2) is 6.10 Å². The fourth-order valence-electron chi connectivity index (χ4n) is 6.07. The molecule has 0 spiro atoms. The van der Waals surface area contributed by atoms with Gasteiger partial charge in [-0.05, 0) is 85.0 Å². The van der Waals surface area contributed by atoms with E-state index in [4.69, 9.17) is 14.2 Å². The first kappa shape index (κ1) is 52.2. The van der Waals surface area contributed by atoms with E-state index in [-0.39, 0.29) is 38.1 Å². The van der Waals surface area contributed by atoms with Gasteiger partial charge in [-0.1, -0.05) is 141 Å². The Kier molecular flexibility index (Phi) is 36.1. The van der Waals surface area contributed by atoms with Crippen LogP contribution < -0.4 is 10.6 Å². The highest BCUT2D eigenvalue weighted by molar-refractivity contribution is 5.82. The van der Waals surface area contributed by atoms with Crippen molar-refractivity contribution in [3.8, 4) is 0 Å². The minimum Gasteiger partial charge on any atom is -0.462 e. The quantitative estimate of drug-likeness (QED) is 0.0279. The molecule has 0 saturated carbocycles. The van der Waals surface area contributed by atoms with Crippen LogP contribution in [0.3, 0.4) is 0 Å². The third-order valence-electron chi connectivity index (χ3n) is 9.33. The zero-order valence-corrected chi connectivity index (χ0v) is 36.2. The number of rotatable bonds is 37. The summed E-state index contributed by atoms with van der Waals surface area (Å²) in [5.41, 5.74) is -0.683. The molecule has 0 saturated heterocycles. The van der Waals surface area contributed by atoms with Gasteiger partial charge in [0.2, 0.25) is 5.91 Å². The van der Waals surface area contributed by atoms with Gasteiger partial charge >= 0.3 is 18.0 Å². The number of ether oxygens (including phenoxy) is 3. The maximum Gasteiger partial charge on any atom is 0.408 e. The molecule has 55 heavy (non-hydrogen) atoms. The molecule has 0 rings (SSSR count). The molecule has 0 aromatic carbocycles. The van der Waals surface area contributed by atoms with Crippen molar-refractivity contribution in [1.29, 1.82) is 0 Å². The van der Waals surface area contributed by atoms with Crippen LogP contribution in [0, 0.1) is 0 Å². The van der Waals surface area contributed by atoms with Crippen molar-refractivity contribution in [2.24, 2.45) is 0 Å². The topological polar surface area (TPSA) is 120 Å². The molecule has 1 atom stereocenters. The van der Waals surface area contributed by atoms with E-state index in [0.29, 0.717) is 6.42 Å². The number of esters is 2. The summed E-state index contributed by atoms with van der Waals surface area (Å²) < 4.78 is 16.3. The van der Waals surface area contributed by atoms with Crippen molar-refractivity contribution >= 4 is 23.9 Å². The van der Waals surface area contributed by atoms with E-state index in [0.717, 1.165) is 70.6 Å². The number of hydrogen-bond donors (Lipinski definition) is 2. The van der Waals surface area contributed by atoms with Crippen LogP contribution in [-0.4, -0.2) is 55.3 Å². The molecular weight excluding hydrogens is 693 g/mol. The predicted molar refractivity (Wildman–Crippen MR) is 227 cm³/mol. The van der Waals surface area contributed by atoms with Crippen LogP contribution in [0.15, 0.2) is 24.3 Å². The van der Waals surface area contributed by atoms with Gasteiger partial charge in [0.25, 0.3) is 0 Å². The number of carbonyl (C=O) groups is 4. The maximum atomic E-state index is 12.7. The molecule has 0 fully saturated rings. The SMILES string of the molecule is CCCCCCCC/C=C\CCCCCCCC(=O)OCC(CNC(=O)CNC(=O)OC(C)(C)C)OC(=O)CCCCCCC/C=C\CCCCCCCC. The first-order valence-corrected chi connectivity index (χ1v) is 22.5. The van der Waals surface area contributed by atoms with Crippen LogP contribution in [0.25, 0.3) is 0 Å². The molecular formula is C46H84N2O7. The monoisotopic (exact) mass is 777 g/mol. The fourth-order valence-corrected chi connectivity index (χ4v) is 6.07. The van der Waals surface area contributed by atoms with Crippen molar-refractivity contribution in [3.05, 3.63) is 24.3 Å². The van der Waals surface area contributed by atoms with Gasteiger partial charge in [0, 0.05) is 12.8 Å². The van der Waals surface area contributed by atoms with Gasteiger partial charge in [0.1, 0.15) is 12.2 Å². The molecule has 2 N–H and O–H groups in total. The lowest BCUT2D eigenvalue weighted by Gasteiger charge is -2.20. The van der Waals surface area contributed by atoms with E-state index >= 15 is 0 Å². The lowest BCUT2D eigenvalue weighted by Crippen LogP contribution is -2.43. The van der Waals surface area contributed by atoms with Crippen LogP contribution >= 0.6 is 0 Å². The Hall–Kier alpha value is -2.84. The molecule has 9 nitrogen and oxygen atoms in total. The first-order valence-electron chi connectivity index (χ1n) is 22.5. The summed E-state index contributed by atoms with van der Waals surface area (Å²) >= 11 is 0. The highest BCUT2D eigenvalue weighted by Gasteiger charge is 2.20. The average molecular weight is 777 g/mol. The molecule has 0 aliphatic heterocycles. The van der Waals surface area contributed by atoms with Crippen LogP contribution in [0.4, 0.5) is 4.79 Å². The molecule has 0 bridgehead atoms. The van der Waals surface area contributed by atoms with E-state index in [2.05, 4.69) is 48.8 Å². The molecule has 0 aromatic rings. The number of carbonyl (C=O) groups excluding carboxylic acids is 4. The number of alkyl carbamates (subject to hydrolysis) is 1. The molecule has 0 aromatic heterocycles. The Morgan fingerprint density at radius 3 is 1.36 bits per heavy atom. The Morgan fingerprint density at radius 2 is 0.927 bits per heavy atom. The van der Waals surface area contributed by atoms with Crippen LogP contribution in [0.1, 0.15) is 214 Å². The predicted octanol–water partition coefficient (Wildman–Crippen LogP) is 12.2.